The van der Waals surface area contributed by atoms with E-state index in [-0.39, 0.29) is 28.1 Å². The lowest BCUT2D eigenvalue weighted by Crippen LogP contribution is -2.18. The van der Waals surface area contributed by atoms with E-state index in [0.717, 1.165) is 46.2 Å². The summed E-state index contributed by atoms with van der Waals surface area (Å²) in [5.41, 5.74) is 9.22. The zero-order valence-corrected chi connectivity index (χ0v) is 27.9. The Balaban J connectivity index is 2.34. The SMILES string of the molecule is CCC(CC(c1cc(C(C)(C)C)c(O)cc1C)c1cc(C(C)(C)C)c(O)cc1C)c1cc(C(C)(C)C)c(O)cc1C. The van der Waals surface area contributed by atoms with Crippen LogP contribution in [0.2, 0.25) is 0 Å². The molecule has 0 aliphatic heterocycles. The van der Waals surface area contributed by atoms with Crippen LogP contribution in [-0.2, 0) is 16.2 Å². The molecule has 3 rings (SSSR count). The minimum atomic E-state index is -0.211. The standard InChI is InChI=1S/C38H54O3/c1-14-25(26-19-30(36(5,6)7)33(39)15-22(26)2)18-29(27-20-31(37(8,9)10)34(40)16-23(27)3)28-21-32(38(11,12)13)35(41)17-24(28)4/h15-17,19-21,25,29,39-41H,14,18H2,1-13H3. The van der Waals surface area contributed by atoms with Crippen LogP contribution < -0.4 is 0 Å². The Morgan fingerprint density at radius 3 is 1.10 bits per heavy atom. The van der Waals surface area contributed by atoms with Gasteiger partial charge in [-0.05, 0) is 124 Å². The van der Waals surface area contributed by atoms with Crippen LogP contribution in [0.5, 0.6) is 17.2 Å². The Bertz CT molecular complexity index is 1340. The normalized spacial score (nSPS) is 13.6. The van der Waals surface area contributed by atoms with Crippen molar-refractivity contribution in [3.8, 4) is 17.2 Å². The Morgan fingerprint density at radius 2 is 0.805 bits per heavy atom. The summed E-state index contributed by atoms with van der Waals surface area (Å²) in [5.74, 6) is 1.34. The fraction of sp³-hybridized carbons (Fsp3) is 0.526. The molecule has 3 aromatic rings. The van der Waals surface area contributed by atoms with Crippen molar-refractivity contribution in [1.82, 2.24) is 0 Å². The average molecular weight is 559 g/mol. The van der Waals surface area contributed by atoms with E-state index in [9.17, 15) is 15.3 Å². The van der Waals surface area contributed by atoms with Crippen LogP contribution >= 0.6 is 0 Å². The summed E-state index contributed by atoms with van der Waals surface area (Å²) >= 11 is 0. The molecule has 0 saturated heterocycles. The number of phenolic OH excluding ortho intramolecular Hbond substituents is 3. The van der Waals surface area contributed by atoms with E-state index in [1.165, 1.54) is 16.7 Å². The topological polar surface area (TPSA) is 60.7 Å². The number of hydrogen-bond donors (Lipinski definition) is 3. The van der Waals surface area contributed by atoms with E-state index >= 15 is 0 Å². The van der Waals surface area contributed by atoms with Crippen LogP contribution in [0, 0.1) is 20.8 Å². The van der Waals surface area contributed by atoms with Gasteiger partial charge in [-0.3, -0.25) is 0 Å². The van der Waals surface area contributed by atoms with Gasteiger partial charge < -0.3 is 15.3 Å². The van der Waals surface area contributed by atoms with Crippen LogP contribution in [0.3, 0.4) is 0 Å². The highest BCUT2D eigenvalue weighted by atomic mass is 16.3. The lowest BCUT2D eigenvalue weighted by atomic mass is 9.73. The van der Waals surface area contributed by atoms with Gasteiger partial charge in [0.1, 0.15) is 17.2 Å². The van der Waals surface area contributed by atoms with Gasteiger partial charge in [0.2, 0.25) is 0 Å². The zero-order chi connectivity index (χ0) is 31.2. The lowest BCUT2D eigenvalue weighted by molar-refractivity contribution is 0.443. The first-order valence-corrected chi connectivity index (χ1v) is 15.2. The van der Waals surface area contributed by atoms with Gasteiger partial charge in [-0.25, -0.2) is 0 Å². The molecule has 1 atom stereocenters. The summed E-state index contributed by atoms with van der Waals surface area (Å²) < 4.78 is 0. The molecule has 0 amide bonds. The number of aryl methyl sites for hydroxylation is 3. The molecule has 3 N–H and O–H groups in total. The Morgan fingerprint density at radius 1 is 0.512 bits per heavy atom. The average Bonchev–Trinajstić information content (AvgIpc) is 2.79. The van der Waals surface area contributed by atoms with Crippen molar-refractivity contribution in [3.63, 3.8) is 0 Å². The molecule has 1 unspecified atom stereocenters. The summed E-state index contributed by atoms with van der Waals surface area (Å²) in [6.45, 7) is 27.8. The monoisotopic (exact) mass is 558 g/mol. The highest BCUT2D eigenvalue weighted by Crippen LogP contribution is 2.46. The first-order valence-electron chi connectivity index (χ1n) is 15.2. The van der Waals surface area contributed by atoms with E-state index in [1.54, 1.807) is 0 Å². The van der Waals surface area contributed by atoms with Crippen LogP contribution in [0.15, 0.2) is 36.4 Å². The molecule has 0 bridgehead atoms. The molecular weight excluding hydrogens is 504 g/mol. The van der Waals surface area contributed by atoms with E-state index in [0.29, 0.717) is 17.2 Å². The summed E-state index contributed by atoms with van der Waals surface area (Å²) in [7, 11) is 0. The van der Waals surface area contributed by atoms with Crippen LogP contribution in [0.25, 0.3) is 0 Å². The molecule has 3 aromatic carbocycles. The lowest BCUT2D eigenvalue weighted by Gasteiger charge is -2.32. The second-order valence-corrected chi connectivity index (χ2v) is 15.3. The molecule has 0 aliphatic rings. The predicted molar refractivity (Wildman–Crippen MR) is 174 cm³/mol. The quantitative estimate of drug-likeness (QED) is 0.282. The van der Waals surface area contributed by atoms with Gasteiger partial charge in [-0.1, -0.05) is 87.4 Å². The molecule has 0 spiro atoms. The second-order valence-electron chi connectivity index (χ2n) is 15.3. The zero-order valence-electron chi connectivity index (χ0n) is 27.9. The molecule has 0 heterocycles. The fourth-order valence-electron chi connectivity index (χ4n) is 6.34. The molecule has 0 fully saturated rings. The van der Waals surface area contributed by atoms with Gasteiger partial charge in [0.05, 0.1) is 0 Å². The molecule has 3 heteroatoms. The minimum absolute atomic E-state index is 0.0506. The fourth-order valence-corrected chi connectivity index (χ4v) is 6.34. The van der Waals surface area contributed by atoms with Gasteiger partial charge in [-0.2, -0.15) is 0 Å². The maximum absolute atomic E-state index is 11.0. The summed E-state index contributed by atoms with van der Waals surface area (Å²) in [5, 5.41) is 32.8. The summed E-state index contributed by atoms with van der Waals surface area (Å²) in [6, 6.07) is 12.4. The predicted octanol–water partition coefficient (Wildman–Crippen LogP) is 10.3. The molecule has 0 radical (unpaired) electrons. The Hall–Kier alpha value is -2.94. The van der Waals surface area contributed by atoms with Crippen LogP contribution in [-0.4, -0.2) is 15.3 Å². The van der Waals surface area contributed by atoms with Crippen molar-refractivity contribution in [2.45, 2.75) is 131 Å². The highest BCUT2D eigenvalue weighted by Gasteiger charge is 2.30. The van der Waals surface area contributed by atoms with E-state index < -0.39 is 0 Å². The van der Waals surface area contributed by atoms with Crippen LogP contribution in [0.4, 0.5) is 0 Å². The van der Waals surface area contributed by atoms with Gasteiger partial charge in [0, 0.05) is 5.92 Å². The van der Waals surface area contributed by atoms with E-state index in [4.69, 9.17) is 0 Å². The third-order valence-electron chi connectivity index (χ3n) is 8.78. The van der Waals surface area contributed by atoms with Gasteiger partial charge in [0.25, 0.3) is 0 Å². The molecule has 0 aromatic heterocycles. The first-order chi connectivity index (χ1) is 18.7. The number of phenols is 3. The second kappa shape index (κ2) is 11.4. The maximum atomic E-state index is 11.0. The van der Waals surface area contributed by atoms with Crippen molar-refractivity contribution < 1.29 is 15.3 Å². The number of benzene rings is 3. The van der Waals surface area contributed by atoms with Gasteiger partial charge in [0.15, 0.2) is 0 Å². The van der Waals surface area contributed by atoms with E-state index in [2.05, 4.69) is 108 Å². The van der Waals surface area contributed by atoms with E-state index in [1.807, 2.05) is 18.2 Å². The molecule has 3 nitrogen and oxygen atoms in total. The van der Waals surface area contributed by atoms with Crippen molar-refractivity contribution in [2.24, 2.45) is 0 Å². The number of rotatable bonds is 6. The highest BCUT2D eigenvalue weighted by molar-refractivity contribution is 5.53. The molecule has 0 aliphatic carbocycles. The number of aromatic hydroxyl groups is 3. The van der Waals surface area contributed by atoms with Crippen molar-refractivity contribution in [1.29, 1.82) is 0 Å². The van der Waals surface area contributed by atoms with Crippen molar-refractivity contribution >= 4 is 0 Å². The largest absolute Gasteiger partial charge is 0.508 e. The number of hydrogen-bond acceptors (Lipinski definition) is 3. The first kappa shape index (κ1) is 32.6. The Labute approximate surface area is 249 Å². The smallest absolute Gasteiger partial charge is 0.119 e. The third-order valence-corrected chi connectivity index (χ3v) is 8.78. The third kappa shape index (κ3) is 6.93. The maximum Gasteiger partial charge on any atom is 0.119 e. The summed E-state index contributed by atoms with van der Waals surface area (Å²) in [4.78, 5) is 0. The summed E-state index contributed by atoms with van der Waals surface area (Å²) in [6.07, 6.45) is 1.83. The molecule has 41 heavy (non-hydrogen) atoms. The Kier molecular flexibility index (Phi) is 9.04. The van der Waals surface area contributed by atoms with Gasteiger partial charge in [-0.15, -0.1) is 0 Å². The van der Waals surface area contributed by atoms with Gasteiger partial charge >= 0.3 is 0 Å². The molecular formula is C38H54O3. The molecule has 0 saturated carbocycles. The van der Waals surface area contributed by atoms with Crippen LogP contribution in [0.1, 0.15) is 144 Å². The molecule has 224 valence electrons. The van der Waals surface area contributed by atoms with Crippen molar-refractivity contribution in [2.75, 3.05) is 0 Å². The van der Waals surface area contributed by atoms with Crippen molar-refractivity contribution in [3.05, 3.63) is 86.5 Å². The minimum Gasteiger partial charge on any atom is -0.508 e.